The van der Waals surface area contributed by atoms with Crippen LogP contribution >= 0.6 is 23.8 Å². The molecule has 0 radical (unpaired) electrons. The summed E-state index contributed by atoms with van der Waals surface area (Å²) < 4.78 is 15.1. The number of carbonyl (C=O) groups is 1. The van der Waals surface area contributed by atoms with Crippen molar-refractivity contribution in [3.63, 3.8) is 0 Å². The Kier molecular flexibility index (Phi) is 5.54. The minimum Gasteiger partial charge on any atom is -0.348 e. The molecule has 1 aromatic heterocycles. The number of hydrogen-bond donors (Lipinski definition) is 2. The number of H-pyrrole nitrogens is 1. The monoisotopic (exact) mass is 389 g/mol. The Morgan fingerprint density at radius 2 is 2.04 bits per heavy atom. The first kappa shape index (κ1) is 18.4. The van der Waals surface area contributed by atoms with E-state index in [4.69, 9.17) is 23.8 Å². The van der Waals surface area contributed by atoms with Crippen LogP contribution in [0.2, 0.25) is 5.02 Å². The summed E-state index contributed by atoms with van der Waals surface area (Å²) in [6.07, 6.45) is 2.20. The number of benzene rings is 2. The minimum atomic E-state index is -0.350. The third-order valence-electron chi connectivity index (χ3n) is 3.90. The molecule has 0 fully saturated rings. The first-order valence-electron chi connectivity index (χ1n) is 8.05. The molecule has 7 heteroatoms. The highest BCUT2D eigenvalue weighted by Crippen LogP contribution is 2.15. The molecule has 2 aromatic carbocycles. The second-order valence-corrected chi connectivity index (χ2v) is 6.82. The van der Waals surface area contributed by atoms with E-state index in [-0.39, 0.29) is 17.8 Å². The van der Waals surface area contributed by atoms with Crippen LogP contribution in [0.4, 0.5) is 4.39 Å². The van der Waals surface area contributed by atoms with Crippen molar-refractivity contribution in [1.29, 1.82) is 0 Å². The quantitative estimate of drug-likeness (QED) is 0.622. The molecule has 0 saturated heterocycles. The van der Waals surface area contributed by atoms with E-state index < -0.39 is 0 Å². The molecule has 134 valence electrons. The van der Waals surface area contributed by atoms with Gasteiger partial charge in [0.2, 0.25) is 0 Å². The predicted molar refractivity (Wildman–Crippen MR) is 103 cm³/mol. The summed E-state index contributed by atoms with van der Waals surface area (Å²) in [5.41, 5.74) is 2.01. The molecule has 1 atom stereocenters. The SMILES string of the molecule is C[C@H](Cc1cccc(Cl)c1)NC(=O)c1c[nH]c(=S)n1-c1ccc(F)cc1. The van der Waals surface area contributed by atoms with Crippen LogP contribution < -0.4 is 5.32 Å². The lowest BCUT2D eigenvalue weighted by Crippen LogP contribution is -2.35. The van der Waals surface area contributed by atoms with Gasteiger partial charge in [0.05, 0.1) is 0 Å². The average Bonchev–Trinajstić information content (AvgIpc) is 2.97. The van der Waals surface area contributed by atoms with Gasteiger partial charge in [-0.3, -0.25) is 9.36 Å². The summed E-state index contributed by atoms with van der Waals surface area (Å²) in [5.74, 6) is -0.617. The van der Waals surface area contributed by atoms with Crippen LogP contribution in [-0.2, 0) is 6.42 Å². The topological polar surface area (TPSA) is 49.8 Å². The van der Waals surface area contributed by atoms with Crippen molar-refractivity contribution < 1.29 is 9.18 Å². The molecule has 0 saturated carbocycles. The van der Waals surface area contributed by atoms with E-state index in [1.807, 2.05) is 31.2 Å². The van der Waals surface area contributed by atoms with Gasteiger partial charge in [-0.15, -0.1) is 0 Å². The molecule has 4 nitrogen and oxygen atoms in total. The smallest absolute Gasteiger partial charge is 0.270 e. The van der Waals surface area contributed by atoms with Crippen LogP contribution in [0.3, 0.4) is 0 Å². The Morgan fingerprint density at radius 1 is 1.31 bits per heavy atom. The predicted octanol–water partition coefficient (Wildman–Crippen LogP) is 4.69. The number of nitrogens with one attached hydrogen (secondary N) is 2. The van der Waals surface area contributed by atoms with Crippen molar-refractivity contribution in [2.45, 2.75) is 19.4 Å². The fraction of sp³-hybridized carbons (Fsp3) is 0.158. The molecule has 2 N–H and O–H groups in total. The zero-order chi connectivity index (χ0) is 18.7. The number of rotatable bonds is 5. The van der Waals surface area contributed by atoms with Crippen molar-refractivity contribution in [3.8, 4) is 5.69 Å². The highest BCUT2D eigenvalue weighted by Gasteiger charge is 2.16. The molecule has 0 aliphatic heterocycles. The van der Waals surface area contributed by atoms with Crippen LogP contribution in [0, 0.1) is 10.6 Å². The fourth-order valence-corrected chi connectivity index (χ4v) is 3.22. The van der Waals surface area contributed by atoms with E-state index >= 15 is 0 Å². The molecular weight excluding hydrogens is 373 g/mol. The maximum Gasteiger partial charge on any atom is 0.270 e. The number of aromatic amines is 1. The summed E-state index contributed by atoms with van der Waals surface area (Å²) in [6.45, 7) is 1.92. The summed E-state index contributed by atoms with van der Waals surface area (Å²) in [7, 11) is 0. The van der Waals surface area contributed by atoms with Gasteiger partial charge in [0.15, 0.2) is 4.77 Å². The molecule has 0 aliphatic rings. The Hall–Kier alpha value is -2.44. The van der Waals surface area contributed by atoms with Crippen LogP contribution in [0.25, 0.3) is 5.69 Å². The number of carbonyl (C=O) groups excluding carboxylic acids is 1. The molecule has 1 amide bonds. The number of amides is 1. The van der Waals surface area contributed by atoms with E-state index in [1.165, 1.54) is 12.1 Å². The zero-order valence-electron chi connectivity index (χ0n) is 14.0. The number of aromatic nitrogens is 2. The molecule has 3 rings (SSSR count). The largest absolute Gasteiger partial charge is 0.348 e. The molecule has 26 heavy (non-hydrogen) atoms. The lowest BCUT2D eigenvalue weighted by molar-refractivity contribution is 0.0933. The fourth-order valence-electron chi connectivity index (χ4n) is 2.75. The van der Waals surface area contributed by atoms with Crippen LogP contribution in [0.1, 0.15) is 23.0 Å². The van der Waals surface area contributed by atoms with Crippen molar-refractivity contribution in [3.05, 3.63) is 81.6 Å². The van der Waals surface area contributed by atoms with E-state index in [0.29, 0.717) is 27.6 Å². The average molecular weight is 390 g/mol. The Balaban J connectivity index is 1.78. The van der Waals surface area contributed by atoms with E-state index in [1.54, 1.807) is 22.9 Å². The van der Waals surface area contributed by atoms with Gasteiger partial charge in [-0.25, -0.2) is 4.39 Å². The van der Waals surface area contributed by atoms with Gasteiger partial charge in [-0.1, -0.05) is 23.7 Å². The molecule has 3 aromatic rings. The number of nitrogens with zero attached hydrogens (tertiary/aromatic N) is 1. The Morgan fingerprint density at radius 3 is 2.73 bits per heavy atom. The van der Waals surface area contributed by atoms with Gasteiger partial charge >= 0.3 is 0 Å². The standard InChI is InChI=1S/C19H17ClFN3OS/c1-12(9-13-3-2-4-14(20)10-13)23-18(25)17-11-22-19(26)24(17)16-7-5-15(21)6-8-16/h2-8,10-12H,9H2,1H3,(H,22,26)(H,23,25)/t12-/m1/s1. The van der Waals surface area contributed by atoms with E-state index in [9.17, 15) is 9.18 Å². The number of imidazole rings is 1. The van der Waals surface area contributed by atoms with Crippen molar-refractivity contribution in [2.75, 3.05) is 0 Å². The Bertz CT molecular complexity index is 981. The van der Waals surface area contributed by atoms with Gasteiger partial charge in [0.25, 0.3) is 5.91 Å². The third-order valence-corrected chi connectivity index (χ3v) is 4.44. The summed E-state index contributed by atoms with van der Waals surface area (Å²) in [6, 6.07) is 13.2. The van der Waals surface area contributed by atoms with Crippen molar-refractivity contribution in [1.82, 2.24) is 14.9 Å². The van der Waals surface area contributed by atoms with Crippen LogP contribution in [0.5, 0.6) is 0 Å². The van der Waals surface area contributed by atoms with Crippen molar-refractivity contribution in [2.24, 2.45) is 0 Å². The molecule has 1 heterocycles. The van der Waals surface area contributed by atoms with Gasteiger partial charge in [-0.2, -0.15) is 0 Å². The lowest BCUT2D eigenvalue weighted by Gasteiger charge is -2.15. The highest BCUT2D eigenvalue weighted by atomic mass is 35.5. The number of halogens is 2. The maximum atomic E-state index is 13.2. The van der Waals surface area contributed by atoms with Crippen molar-refractivity contribution >= 4 is 29.7 Å². The van der Waals surface area contributed by atoms with Crippen LogP contribution in [-0.4, -0.2) is 21.5 Å². The van der Waals surface area contributed by atoms with E-state index in [0.717, 1.165) is 5.56 Å². The summed E-state index contributed by atoms with van der Waals surface area (Å²) >= 11 is 11.3. The maximum absolute atomic E-state index is 13.2. The molecule has 0 bridgehead atoms. The second kappa shape index (κ2) is 7.85. The molecule has 0 aliphatic carbocycles. The normalized spacial score (nSPS) is 12.0. The van der Waals surface area contributed by atoms with Gasteiger partial charge in [-0.05, 0) is 67.5 Å². The van der Waals surface area contributed by atoms with Gasteiger partial charge < -0.3 is 10.3 Å². The molecule has 0 unspecified atom stereocenters. The van der Waals surface area contributed by atoms with Gasteiger partial charge in [0, 0.05) is 22.9 Å². The Labute approximate surface area is 160 Å². The lowest BCUT2D eigenvalue weighted by atomic mass is 10.1. The molecule has 0 spiro atoms. The third kappa shape index (κ3) is 4.20. The second-order valence-electron chi connectivity index (χ2n) is 6.00. The highest BCUT2D eigenvalue weighted by molar-refractivity contribution is 7.71. The first-order valence-corrected chi connectivity index (χ1v) is 8.84. The number of hydrogen-bond acceptors (Lipinski definition) is 2. The van der Waals surface area contributed by atoms with Gasteiger partial charge in [0.1, 0.15) is 11.5 Å². The first-order chi connectivity index (χ1) is 12.4. The van der Waals surface area contributed by atoms with E-state index in [2.05, 4.69) is 10.3 Å². The molecular formula is C19H17ClFN3OS. The summed E-state index contributed by atoms with van der Waals surface area (Å²) in [5, 5.41) is 3.62. The van der Waals surface area contributed by atoms with Crippen LogP contribution in [0.15, 0.2) is 54.7 Å². The summed E-state index contributed by atoms with van der Waals surface area (Å²) in [4.78, 5) is 15.6. The minimum absolute atomic E-state index is 0.105. The zero-order valence-corrected chi connectivity index (χ0v) is 15.6.